The minimum atomic E-state index is -0.194. The summed E-state index contributed by atoms with van der Waals surface area (Å²) in [5, 5.41) is 8.91. The predicted octanol–water partition coefficient (Wildman–Crippen LogP) is 2.57. The van der Waals surface area contributed by atoms with Crippen LogP contribution in [0.5, 0.6) is 0 Å². The van der Waals surface area contributed by atoms with Gasteiger partial charge in [0.2, 0.25) is 5.95 Å². The second-order valence-electron chi connectivity index (χ2n) is 5.33. The van der Waals surface area contributed by atoms with Gasteiger partial charge >= 0.3 is 0 Å². The zero-order chi connectivity index (χ0) is 16.2. The number of piperazine rings is 1. The van der Waals surface area contributed by atoms with Crippen molar-refractivity contribution in [3.05, 3.63) is 52.0 Å². The zero-order valence-electron chi connectivity index (χ0n) is 12.4. The van der Waals surface area contributed by atoms with Crippen LogP contribution in [0.4, 0.5) is 10.3 Å². The largest absolute Gasteiger partial charge is 0.338 e. The fourth-order valence-corrected chi connectivity index (χ4v) is 2.99. The molecule has 3 rings (SSSR count). The molecule has 0 saturated carbocycles. The molecule has 0 amide bonds. The Bertz CT molecular complexity index is 737. The summed E-state index contributed by atoms with van der Waals surface area (Å²) in [4.78, 5) is 12.7. The smallest absolute Gasteiger partial charge is 0.226 e. The van der Waals surface area contributed by atoms with Gasteiger partial charge in [-0.25, -0.2) is 14.4 Å². The second-order valence-corrected chi connectivity index (χ2v) is 6.18. The number of rotatable bonds is 3. The monoisotopic (exact) mass is 375 g/mol. The first-order valence-corrected chi connectivity index (χ1v) is 8.10. The Kier molecular flexibility index (Phi) is 4.84. The van der Waals surface area contributed by atoms with E-state index in [-0.39, 0.29) is 5.82 Å². The molecule has 1 aliphatic heterocycles. The van der Waals surface area contributed by atoms with E-state index in [9.17, 15) is 4.39 Å². The third-order valence-corrected chi connectivity index (χ3v) is 4.45. The van der Waals surface area contributed by atoms with Crippen molar-refractivity contribution in [3.63, 3.8) is 0 Å². The molecule has 0 radical (unpaired) electrons. The van der Waals surface area contributed by atoms with Gasteiger partial charge in [0.1, 0.15) is 17.6 Å². The summed E-state index contributed by atoms with van der Waals surface area (Å²) in [5.41, 5.74) is 1.06. The van der Waals surface area contributed by atoms with Gasteiger partial charge in [0.25, 0.3) is 0 Å². The van der Waals surface area contributed by atoms with E-state index >= 15 is 0 Å². The van der Waals surface area contributed by atoms with E-state index in [0.29, 0.717) is 28.2 Å². The minimum Gasteiger partial charge on any atom is -0.338 e. The van der Waals surface area contributed by atoms with Crippen LogP contribution in [0.15, 0.2) is 34.9 Å². The summed E-state index contributed by atoms with van der Waals surface area (Å²) in [6, 6.07) is 8.98. The van der Waals surface area contributed by atoms with Crippen molar-refractivity contribution in [1.82, 2.24) is 14.9 Å². The molecule has 0 atom stereocenters. The lowest BCUT2D eigenvalue weighted by Gasteiger charge is -2.34. The number of hydrogen-bond acceptors (Lipinski definition) is 5. The summed E-state index contributed by atoms with van der Waals surface area (Å²) in [6.45, 7) is 3.69. The van der Waals surface area contributed by atoms with Gasteiger partial charge in [0.05, 0.1) is 4.47 Å². The Morgan fingerprint density at radius 3 is 2.74 bits per heavy atom. The van der Waals surface area contributed by atoms with Crippen molar-refractivity contribution < 1.29 is 4.39 Å². The first kappa shape index (κ1) is 15.8. The van der Waals surface area contributed by atoms with E-state index in [1.165, 1.54) is 0 Å². The highest BCUT2D eigenvalue weighted by atomic mass is 79.9. The number of benzene rings is 1. The molecule has 0 bridgehead atoms. The van der Waals surface area contributed by atoms with Crippen LogP contribution in [0.25, 0.3) is 0 Å². The Hall–Kier alpha value is -2.04. The first-order chi connectivity index (χ1) is 11.2. The fourth-order valence-electron chi connectivity index (χ4n) is 2.58. The third-order valence-electron chi connectivity index (χ3n) is 3.84. The van der Waals surface area contributed by atoms with Gasteiger partial charge in [-0.2, -0.15) is 5.26 Å². The van der Waals surface area contributed by atoms with Crippen molar-refractivity contribution in [2.24, 2.45) is 0 Å². The van der Waals surface area contributed by atoms with E-state index in [1.807, 2.05) is 18.2 Å². The molecule has 1 fully saturated rings. The SMILES string of the molecule is N#Cc1ccnc(N2CCN(Cc3cccc(Br)c3F)CC2)n1. The molecule has 2 heterocycles. The maximum Gasteiger partial charge on any atom is 0.226 e. The van der Waals surface area contributed by atoms with Crippen molar-refractivity contribution in [2.45, 2.75) is 6.54 Å². The molecule has 1 aromatic heterocycles. The number of aromatic nitrogens is 2. The molecule has 5 nitrogen and oxygen atoms in total. The summed E-state index contributed by atoms with van der Waals surface area (Å²) >= 11 is 3.22. The van der Waals surface area contributed by atoms with E-state index in [1.54, 1.807) is 18.3 Å². The first-order valence-electron chi connectivity index (χ1n) is 7.30. The summed E-state index contributed by atoms with van der Waals surface area (Å²) in [7, 11) is 0. The molecule has 1 saturated heterocycles. The molecule has 0 N–H and O–H groups in total. The van der Waals surface area contributed by atoms with E-state index in [0.717, 1.165) is 26.2 Å². The number of nitrogens with zero attached hydrogens (tertiary/aromatic N) is 5. The Morgan fingerprint density at radius 2 is 2.00 bits per heavy atom. The quantitative estimate of drug-likeness (QED) is 0.824. The number of anilines is 1. The van der Waals surface area contributed by atoms with Crippen molar-refractivity contribution in [1.29, 1.82) is 5.26 Å². The Morgan fingerprint density at radius 1 is 1.22 bits per heavy atom. The Balaban J connectivity index is 1.62. The van der Waals surface area contributed by atoms with Crippen molar-refractivity contribution >= 4 is 21.9 Å². The molecule has 7 heteroatoms. The number of halogens is 2. The molecular weight excluding hydrogens is 361 g/mol. The van der Waals surface area contributed by atoms with Crippen LogP contribution in [0.1, 0.15) is 11.3 Å². The van der Waals surface area contributed by atoms with Gasteiger partial charge in [-0.15, -0.1) is 0 Å². The van der Waals surface area contributed by atoms with Gasteiger partial charge in [-0.05, 0) is 28.1 Å². The van der Waals surface area contributed by atoms with Crippen LogP contribution in [-0.2, 0) is 6.54 Å². The standard InChI is InChI=1S/C16H15BrFN5/c17-14-3-1-2-12(15(14)18)11-22-6-8-23(9-7-22)16-20-5-4-13(10-19)21-16/h1-5H,6-9,11H2. The van der Waals surface area contributed by atoms with E-state index in [4.69, 9.17) is 5.26 Å². The highest BCUT2D eigenvalue weighted by Crippen LogP contribution is 2.21. The number of nitriles is 1. The minimum absolute atomic E-state index is 0.194. The summed E-state index contributed by atoms with van der Waals surface area (Å²) in [5.74, 6) is 0.386. The molecule has 0 unspecified atom stereocenters. The highest BCUT2D eigenvalue weighted by Gasteiger charge is 2.20. The van der Waals surface area contributed by atoms with Crippen molar-refractivity contribution in [2.75, 3.05) is 31.1 Å². The molecule has 23 heavy (non-hydrogen) atoms. The topological polar surface area (TPSA) is 56.1 Å². The molecule has 118 valence electrons. The lowest BCUT2D eigenvalue weighted by atomic mass is 10.2. The maximum absolute atomic E-state index is 14.0. The molecule has 2 aromatic rings. The molecule has 1 aliphatic rings. The number of hydrogen-bond donors (Lipinski definition) is 0. The van der Waals surface area contributed by atoms with Crippen molar-refractivity contribution in [3.8, 4) is 6.07 Å². The second kappa shape index (κ2) is 7.02. The molecule has 0 aliphatic carbocycles. The summed E-state index contributed by atoms with van der Waals surface area (Å²) < 4.78 is 14.5. The zero-order valence-corrected chi connectivity index (χ0v) is 14.0. The molecule has 1 aromatic carbocycles. The van der Waals surface area contributed by atoms with E-state index < -0.39 is 0 Å². The van der Waals surface area contributed by atoms with Crippen LogP contribution in [0.3, 0.4) is 0 Å². The van der Waals surface area contributed by atoms with Gasteiger partial charge in [0, 0.05) is 44.5 Å². The van der Waals surface area contributed by atoms with Crippen LogP contribution in [0.2, 0.25) is 0 Å². The molecular formula is C16H15BrFN5. The lowest BCUT2D eigenvalue weighted by molar-refractivity contribution is 0.245. The van der Waals surface area contributed by atoms with E-state index in [2.05, 4.69) is 35.7 Å². The highest BCUT2D eigenvalue weighted by molar-refractivity contribution is 9.10. The van der Waals surface area contributed by atoms with Crippen LogP contribution >= 0.6 is 15.9 Å². The predicted molar refractivity (Wildman–Crippen MR) is 88.3 cm³/mol. The third kappa shape index (κ3) is 3.66. The van der Waals surface area contributed by atoms with Crippen LogP contribution < -0.4 is 4.90 Å². The fraction of sp³-hybridized carbons (Fsp3) is 0.312. The van der Waals surface area contributed by atoms with Gasteiger partial charge in [-0.3, -0.25) is 4.90 Å². The Labute approximate surface area is 142 Å². The lowest BCUT2D eigenvalue weighted by Crippen LogP contribution is -2.46. The summed E-state index contributed by atoms with van der Waals surface area (Å²) in [6.07, 6.45) is 1.60. The normalized spacial score (nSPS) is 15.4. The molecule has 0 spiro atoms. The van der Waals surface area contributed by atoms with Gasteiger partial charge < -0.3 is 4.90 Å². The average Bonchev–Trinajstić information content (AvgIpc) is 2.60. The average molecular weight is 376 g/mol. The van der Waals surface area contributed by atoms with Crippen LogP contribution in [-0.4, -0.2) is 41.0 Å². The van der Waals surface area contributed by atoms with Gasteiger partial charge in [0.15, 0.2) is 0 Å². The maximum atomic E-state index is 14.0. The van der Waals surface area contributed by atoms with Gasteiger partial charge in [-0.1, -0.05) is 12.1 Å². The van der Waals surface area contributed by atoms with Crippen LogP contribution in [0, 0.1) is 17.1 Å².